The van der Waals surface area contributed by atoms with E-state index < -0.39 is 29.2 Å². The lowest BCUT2D eigenvalue weighted by Gasteiger charge is -2.17. The Balaban J connectivity index is 1.88. The molecule has 0 saturated carbocycles. The summed E-state index contributed by atoms with van der Waals surface area (Å²) in [4.78, 5) is 25.5. The number of aliphatic hydroxyl groups excluding tert-OH is 1. The summed E-state index contributed by atoms with van der Waals surface area (Å²) in [6.07, 6.45) is -4.53. The van der Waals surface area contributed by atoms with Gasteiger partial charge in [0.2, 0.25) is 0 Å². The average molecular weight is 424 g/mol. The molecular weight excluding hydrogens is 409 g/mol. The third-order valence-corrected chi connectivity index (χ3v) is 5.15. The molecule has 0 aliphatic carbocycles. The number of amides is 2. The summed E-state index contributed by atoms with van der Waals surface area (Å²) in [5, 5.41) is 12.2. The van der Waals surface area contributed by atoms with Gasteiger partial charge in [0.15, 0.2) is 5.58 Å². The molecule has 2 aromatic heterocycles. The molecule has 3 rings (SSSR count). The van der Waals surface area contributed by atoms with E-state index in [0.29, 0.717) is 15.3 Å². The van der Waals surface area contributed by atoms with Gasteiger partial charge in [-0.1, -0.05) is 6.58 Å². The largest absolute Gasteiger partial charge is 0.508 e. The molecule has 0 radical (unpaired) electrons. The van der Waals surface area contributed by atoms with Crippen LogP contribution in [0.5, 0.6) is 0 Å². The normalized spacial score (nSPS) is 11.5. The van der Waals surface area contributed by atoms with Crippen molar-refractivity contribution in [1.82, 2.24) is 0 Å². The van der Waals surface area contributed by atoms with Gasteiger partial charge in [0.1, 0.15) is 16.3 Å². The zero-order valence-corrected chi connectivity index (χ0v) is 16.1. The smallest absolute Gasteiger partial charge is 0.416 e. The van der Waals surface area contributed by atoms with Crippen LogP contribution < -0.4 is 15.8 Å². The van der Waals surface area contributed by atoms with Gasteiger partial charge in [0, 0.05) is 18.8 Å². The van der Waals surface area contributed by atoms with Gasteiger partial charge in [0.25, 0.3) is 0 Å². The van der Waals surface area contributed by atoms with Crippen molar-refractivity contribution in [3.63, 3.8) is 0 Å². The molecule has 3 aromatic rings. The summed E-state index contributed by atoms with van der Waals surface area (Å²) < 4.78 is 44.5. The topological polar surface area (TPSA) is 82.8 Å². The summed E-state index contributed by atoms with van der Waals surface area (Å²) in [5.74, 6) is -0.443. The predicted octanol–water partition coefficient (Wildman–Crippen LogP) is 5.38. The number of hydrogen-bond acceptors (Lipinski definition) is 5. The molecule has 0 aliphatic heterocycles. The minimum atomic E-state index is -4.53. The van der Waals surface area contributed by atoms with Gasteiger partial charge in [-0.3, -0.25) is 4.90 Å². The molecule has 0 fully saturated rings. The third kappa shape index (κ3) is 4.27. The van der Waals surface area contributed by atoms with E-state index in [1.807, 2.05) is 0 Å². The molecule has 1 aromatic carbocycles. The molecule has 152 valence electrons. The molecule has 0 bridgehead atoms. The minimum absolute atomic E-state index is 0.000633. The maximum absolute atomic E-state index is 13.0. The van der Waals surface area contributed by atoms with E-state index in [9.17, 15) is 27.9 Å². The first-order valence-corrected chi connectivity index (χ1v) is 8.97. The number of carbonyl (C=O) groups excluding carboxylic acids is 1. The third-order valence-electron chi connectivity index (χ3n) is 4.01. The van der Waals surface area contributed by atoms with E-state index in [1.165, 1.54) is 37.1 Å². The van der Waals surface area contributed by atoms with E-state index in [-0.39, 0.29) is 16.8 Å². The van der Waals surface area contributed by atoms with Crippen LogP contribution in [-0.4, -0.2) is 18.2 Å². The number of halogens is 3. The molecule has 0 spiro atoms. The molecule has 0 atom stereocenters. The number of aryl methyl sites for hydroxylation is 1. The Morgan fingerprint density at radius 2 is 1.93 bits per heavy atom. The molecular formula is C19H15F3N2O4S. The van der Waals surface area contributed by atoms with Gasteiger partial charge in [-0.15, -0.1) is 11.3 Å². The highest BCUT2D eigenvalue weighted by molar-refractivity contribution is 7.22. The number of thiophene rings is 1. The summed E-state index contributed by atoms with van der Waals surface area (Å²) in [6.45, 7) is 4.78. The molecule has 0 unspecified atom stereocenters. The fourth-order valence-corrected chi connectivity index (χ4v) is 3.58. The fraction of sp³-hybridized carbons (Fsp3) is 0.158. The van der Waals surface area contributed by atoms with E-state index in [1.54, 1.807) is 0 Å². The highest BCUT2D eigenvalue weighted by atomic mass is 32.1. The number of hydrogen-bond donors (Lipinski definition) is 2. The lowest BCUT2D eigenvalue weighted by atomic mass is 10.1. The highest BCUT2D eigenvalue weighted by Crippen LogP contribution is 2.34. The van der Waals surface area contributed by atoms with E-state index >= 15 is 0 Å². The monoisotopic (exact) mass is 424 g/mol. The van der Waals surface area contributed by atoms with Crippen LogP contribution in [0, 0.1) is 6.92 Å². The summed E-state index contributed by atoms with van der Waals surface area (Å²) in [5.41, 5.74) is -1.19. The van der Waals surface area contributed by atoms with Crippen LogP contribution in [0.3, 0.4) is 0 Å². The zero-order valence-electron chi connectivity index (χ0n) is 15.3. The SMILES string of the molecule is C=C(O)c1cc2sc(N(C)C(=O)Nc3cc(C)cc(C(F)(F)F)c3)cc2oc1=O. The van der Waals surface area contributed by atoms with Crippen molar-refractivity contribution in [2.24, 2.45) is 0 Å². The zero-order chi connectivity index (χ0) is 21.5. The van der Waals surface area contributed by atoms with Crippen LogP contribution in [-0.2, 0) is 6.18 Å². The number of nitrogens with zero attached hydrogens (tertiary/aromatic N) is 1. The summed E-state index contributed by atoms with van der Waals surface area (Å²) in [6, 6.07) is 5.41. The summed E-state index contributed by atoms with van der Waals surface area (Å²) >= 11 is 1.10. The van der Waals surface area contributed by atoms with Crippen molar-refractivity contribution in [2.45, 2.75) is 13.1 Å². The molecule has 0 aliphatic rings. The van der Waals surface area contributed by atoms with Gasteiger partial charge in [0.05, 0.1) is 10.3 Å². The number of alkyl halides is 3. The lowest BCUT2D eigenvalue weighted by molar-refractivity contribution is -0.137. The molecule has 29 heavy (non-hydrogen) atoms. The predicted molar refractivity (Wildman–Crippen MR) is 106 cm³/mol. The van der Waals surface area contributed by atoms with Crippen molar-refractivity contribution in [3.8, 4) is 0 Å². The van der Waals surface area contributed by atoms with Crippen molar-refractivity contribution >= 4 is 44.1 Å². The van der Waals surface area contributed by atoms with Crippen molar-refractivity contribution in [1.29, 1.82) is 0 Å². The van der Waals surface area contributed by atoms with Crippen LogP contribution in [0.25, 0.3) is 16.0 Å². The number of carbonyl (C=O) groups is 1. The van der Waals surface area contributed by atoms with Crippen molar-refractivity contribution in [3.05, 3.63) is 64.0 Å². The fourth-order valence-electron chi connectivity index (χ4n) is 2.59. The highest BCUT2D eigenvalue weighted by Gasteiger charge is 2.31. The maximum atomic E-state index is 13.0. The van der Waals surface area contributed by atoms with Gasteiger partial charge >= 0.3 is 17.8 Å². The van der Waals surface area contributed by atoms with Crippen LogP contribution in [0.1, 0.15) is 16.7 Å². The lowest BCUT2D eigenvalue weighted by Crippen LogP contribution is -2.30. The van der Waals surface area contributed by atoms with Crippen LogP contribution >= 0.6 is 11.3 Å². The average Bonchev–Trinajstić information content (AvgIpc) is 3.01. The Morgan fingerprint density at radius 3 is 2.55 bits per heavy atom. The standard InChI is InChI=1S/C19H15F3N2O4S/c1-9-4-11(19(20,21)22)6-12(5-9)23-18(27)24(3)16-8-14-15(29-16)7-13(10(2)25)17(26)28-14/h4-8,25H,2H2,1,3H3,(H,23,27). The molecule has 2 amide bonds. The van der Waals surface area contributed by atoms with E-state index in [0.717, 1.165) is 23.5 Å². The molecule has 10 heteroatoms. The first-order valence-electron chi connectivity index (χ1n) is 8.15. The van der Waals surface area contributed by atoms with Crippen LogP contribution in [0.15, 0.2) is 46.1 Å². The second-order valence-electron chi connectivity index (χ2n) is 6.28. The number of benzene rings is 1. The molecule has 6 nitrogen and oxygen atoms in total. The molecule has 2 N–H and O–H groups in total. The number of anilines is 2. The Hall–Kier alpha value is -3.27. The molecule has 0 saturated heterocycles. The van der Waals surface area contributed by atoms with Crippen LogP contribution in [0.2, 0.25) is 0 Å². The first-order chi connectivity index (χ1) is 13.5. The Kier molecular flexibility index (Phi) is 5.14. The van der Waals surface area contributed by atoms with Gasteiger partial charge in [-0.25, -0.2) is 9.59 Å². The van der Waals surface area contributed by atoms with Gasteiger partial charge in [-0.05, 0) is 36.8 Å². The first kappa shape index (κ1) is 20.5. The Morgan fingerprint density at radius 1 is 1.24 bits per heavy atom. The van der Waals surface area contributed by atoms with E-state index in [2.05, 4.69) is 11.9 Å². The molecule has 2 heterocycles. The maximum Gasteiger partial charge on any atom is 0.416 e. The van der Waals surface area contributed by atoms with Crippen molar-refractivity contribution in [2.75, 3.05) is 17.3 Å². The Labute approximate surface area is 166 Å². The van der Waals surface area contributed by atoms with Crippen LogP contribution in [0.4, 0.5) is 28.7 Å². The second-order valence-corrected chi connectivity index (χ2v) is 7.34. The number of aliphatic hydroxyl groups is 1. The number of rotatable bonds is 3. The van der Waals surface area contributed by atoms with Gasteiger partial charge in [-0.2, -0.15) is 13.2 Å². The number of urea groups is 1. The number of fused-ring (bicyclic) bond motifs is 1. The van der Waals surface area contributed by atoms with Crippen molar-refractivity contribution < 1.29 is 27.5 Å². The van der Waals surface area contributed by atoms with E-state index in [4.69, 9.17) is 4.42 Å². The number of nitrogens with one attached hydrogen (secondary N) is 1. The minimum Gasteiger partial charge on any atom is -0.508 e. The van der Waals surface area contributed by atoms with Gasteiger partial charge < -0.3 is 14.8 Å². The quantitative estimate of drug-likeness (QED) is 0.553. The summed E-state index contributed by atoms with van der Waals surface area (Å²) in [7, 11) is 1.42. The second kappa shape index (κ2) is 7.28. The Bertz CT molecular complexity index is 1180.